The van der Waals surface area contributed by atoms with Crippen LogP contribution in [0.1, 0.15) is 18.1 Å². The van der Waals surface area contributed by atoms with Gasteiger partial charge in [0.05, 0.1) is 18.7 Å². The van der Waals surface area contributed by atoms with Crippen molar-refractivity contribution < 1.29 is 5.11 Å². The van der Waals surface area contributed by atoms with Crippen LogP contribution in [-0.2, 0) is 19.5 Å². The number of hydrogen-bond donors (Lipinski definition) is 3. The quantitative estimate of drug-likeness (QED) is 0.393. The molecule has 0 amide bonds. The number of rotatable bonds is 4. The van der Waals surface area contributed by atoms with Gasteiger partial charge in [-0.25, -0.2) is 9.97 Å². The monoisotopic (exact) mass is 441 g/mol. The van der Waals surface area contributed by atoms with Crippen molar-refractivity contribution in [3.8, 4) is 0 Å². The highest BCUT2D eigenvalue weighted by molar-refractivity contribution is 5.94. The van der Waals surface area contributed by atoms with Gasteiger partial charge in [-0.3, -0.25) is 9.48 Å². The smallest absolute Gasteiger partial charge is 0.283 e. The van der Waals surface area contributed by atoms with E-state index in [9.17, 15) is 9.90 Å². The summed E-state index contributed by atoms with van der Waals surface area (Å²) in [6.45, 7) is 3.21. The number of anilines is 2. The van der Waals surface area contributed by atoms with E-state index in [2.05, 4.69) is 39.7 Å². The Morgan fingerprint density at radius 2 is 2.03 bits per heavy atom. The normalized spacial score (nSPS) is 15.9. The third-order valence-corrected chi connectivity index (χ3v) is 6.21. The SMILES string of the molecule is CC1Cc2ccc(Nc3ncc4c(=O)n5c(nc4n3)c3ccccc3n5CCO)cc2CN1. The van der Waals surface area contributed by atoms with Gasteiger partial charge in [-0.15, -0.1) is 0 Å². The van der Waals surface area contributed by atoms with Crippen LogP contribution in [0.5, 0.6) is 0 Å². The van der Waals surface area contributed by atoms with Crippen LogP contribution in [0.2, 0.25) is 0 Å². The zero-order chi connectivity index (χ0) is 22.5. The standard InChI is InChI=1S/C24H23N7O2/c1-14-10-15-6-7-17(11-16(15)12-25-14)27-24-26-13-19-21(29-24)28-22-18-4-2-3-5-20(18)30(8-9-32)31(22)23(19)33/h2-7,11,13-14,25,32H,8-10,12H2,1H3,(H,26,27,29). The zero-order valence-electron chi connectivity index (χ0n) is 18.1. The highest BCUT2D eigenvalue weighted by atomic mass is 16.3. The Morgan fingerprint density at radius 3 is 2.91 bits per heavy atom. The topological polar surface area (TPSA) is 109 Å². The molecule has 3 aromatic heterocycles. The summed E-state index contributed by atoms with van der Waals surface area (Å²) in [5.41, 5.74) is 4.90. The Balaban J connectivity index is 1.45. The lowest BCUT2D eigenvalue weighted by atomic mass is 9.96. The fraction of sp³-hybridized carbons (Fsp3) is 0.250. The maximum Gasteiger partial charge on any atom is 0.283 e. The predicted octanol–water partition coefficient (Wildman–Crippen LogP) is 2.36. The number of nitrogens with zero attached hydrogens (tertiary/aromatic N) is 5. The molecule has 0 bridgehead atoms. The summed E-state index contributed by atoms with van der Waals surface area (Å²) in [5, 5.41) is 17.4. The molecule has 33 heavy (non-hydrogen) atoms. The molecular weight excluding hydrogens is 418 g/mol. The van der Waals surface area contributed by atoms with Crippen LogP contribution in [0.15, 0.2) is 53.5 Å². The number of aromatic nitrogens is 5. The third-order valence-electron chi connectivity index (χ3n) is 6.21. The Bertz CT molecular complexity index is 1590. The molecule has 1 unspecified atom stereocenters. The molecule has 6 rings (SSSR count). The summed E-state index contributed by atoms with van der Waals surface area (Å²) in [6, 6.07) is 14.4. The minimum atomic E-state index is -0.264. The van der Waals surface area contributed by atoms with E-state index in [1.807, 2.05) is 30.3 Å². The first kappa shape index (κ1) is 19.8. The largest absolute Gasteiger partial charge is 0.394 e. The summed E-state index contributed by atoms with van der Waals surface area (Å²) in [4.78, 5) is 27.0. The lowest BCUT2D eigenvalue weighted by Crippen LogP contribution is -2.32. The van der Waals surface area contributed by atoms with E-state index in [1.54, 1.807) is 4.68 Å². The first-order chi connectivity index (χ1) is 16.1. The molecule has 0 saturated carbocycles. The van der Waals surface area contributed by atoms with E-state index in [-0.39, 0.29) is 18.7 Å². The molecule has 1 atom stereocenters. The highest BCUT2D eigenvalue weighted by Crippen LogP contribution is 2.24. The van der Waals surface area contributed by atoms with E-state index in [4.69, 9.17) is 4.98 Å². The number of nitrogens with one attached hydrogen (secondary N) is 2. The minimum absolute atomic E-state index is 0.0905. The van der Waals surface area contributed by atoms with Crippen LogP contribution in [0.3, 0.4) is 0 Å². The number of benzene rings is 2. The lowest BCUT2D eigenvalue weighted by Gasteiger charge is -2.23. The molecule has 5 aromatic rings. The molecule has 0 radical (unpaired) electrons. The van der Waals surface area contributed by atoms with Gasteiger partial charge in [0.25, 0.3) is 5.56 Å². The number of hydrogen-bond acceptors (Lipinski definition) is 7. The van der Waals surface area contributed by atoms with Gasteiger partial charge in [0.2, 0.25) is 5.95 Å². The molecule has 0 saturated heterocycles. The van der Waals surface area contributed by atoms with Gasteiger partial charge in [-0.05, 0) is 48.7 Å². The van der Waals surface area contributed by atoms with Crippen molar-refractivity contribution in [3.05, 3.63) is 70.1 Å². The van der Waals surface area contributed by atoms with Gasteiger partial charge >= 0.3 is 0 Å². The number of aliphatic hydroxyl groups excluding tert-OH is 1. The second kappa shape index (κ2) is 7.65. The average Bonchev–Trinajstić information content (AvgIpc) is 3.13. The second-order valence-electron chi connectivity index (χ2n) is 8.44. The van der Waals surface area contributed by atoms with Gasteiger partial charge in [0.15, 0.2) is 11.3 Å². The number of para-hydroxylation sites is 1. The molecule has 9 nitrogen and oxygen atoms in total. The maximum atomic E-state index is 13.3. The van der Waals surface area contributed by atoms with E-state index >= 15 is 0 Å². The molecule has 166 valence electrons. The highest BCUT2D eigenvalue weighted by Gasteiger charge is 2.18. The second-order valence-corrected chi connectivity index (χ2v) is 8.44. The first-order valence-electron chi connectivity index (χ1n) is 11.0. The van der Waals surface area contributed by atoms with Crippen molar-refractivity contribution >= 4 is 39.2 Å². The van der Waals surface area contributed by atoms with Crippen molar-refractivity contribution in [3.63, 3.8) is 0 Å². The maximum absolute atomic E-state index is 13.3. The number of aliphatic hydroxyl groups is 1. The van der Waals surface area contributed by atoms with Gasteiger partial charge in [-0.1, -0.05) is 18.2 Å². The van der Waals surface area contributed by atoms with Crippen LogP contribution < -0.4 is 16.2 Å². The molecule has 2 aromatic carbocycles. The van der Waals surface area contributed by atoms with Gasteiger partial charge in [-0.2, -0.15) is 9.50 Å². The average molecular weight is 441 g/mol. The van der Waals surface area contributed by atoms with E-state index < -0.39 is 0 Å². The fourth-order valence-electron chi connectivity index (χ4n) is 4.62. The molecule has 4 heterocycles. The van der Waals surface area contributed by atoms with Crippen LogP contribution in [-0.4, -0.2) is 41.9 Å². The third kappa shape index (κ3) is 3.24. The molecule has 1 aliphatic rings. The molecular formula is C24H23N7O2. The first-order valence-corrected chi connectivity index (χ1v) is 11.0. The molecule has 3 N–H and O–H groups in total. The Labute approximate surface area is 188 Å². The lowest BCUT2D eigenvalue weighted by molar-refractivity contribution is 0.268. The molecule has 9 heteroatoms. The van der Waals surface area contributed by atoms with E-state index in [0.717, 1.165) is 29.6 Å². The van der Waals surface area contributed by atoms with Crippen molar-refractivity contribution in [2.24, 2.45) is 0 Å². The van der Waals surface area contributed by atoms with Crippen LogP contribution in [0.4, 0.5) is 11.6 Å². The van der Waals surface area contributed by atoms with Crippen molar-refractivity contribution in [1.82, 2.24) is 29.5 Å². The Kier molecular flexibility index (Phi) is 4.60. The fourth-order valence-corrected chi connectivity index (χ4v) is 4.62. The Morgan fingerprint density at radius 1 is 1.15 bits per heavy atom. The number of fused-ring (bicyclic) bond motifs is 5. The van der Waals surface area contributed by atoms with E-state index in [0.29, 0.717) is 28.7 Å². The van der Waals surface area contributed by atoms with Gasteiger partial charge < -0.3 is 15.7 Å². The summed E-state index contributed by atoms with van der Waals surface area (Å²) >= 11 is 0. The predicted molar refractivity (Wildman–Crippen MR) is 127 cm³/mol. The zero-order valence-corrected chi connectivity index (χ0v) is 18.1. The van der Waals surface area contributed by atoms with Crippen LogP contribution in [0.25, 0.3) is 27.6 Å². The van der Waals surface area contributed by atoms with Crippen molar-refractivity contribution in [1.29, 1.82) is 0 Å². The van der Waals surface area contributed by atoms with Crippen molar-refractivity contribution in [2.45, 2.75) is 32.5 Å². The van der Waals surface area contributed by atoms with Crippen LogP contribution >= 0.6 is 0 Å². The summed E-state index contributed by atoms with van der Waals surface area (Å²) in [6.07, 6.45) is 2.52. The molecule has 0 fully saturated rings. The molecule has 0 aliphatic carbocycles. The molecule has 0 spiro atoms. The minimum Gasteiger partial charge on any atom is -0.394 e. The van der Waals surface area contributed by atoms with E-state index in [1.165, 1.54) is 21.8 Å². The summed E-state index contributed by atoms with van der Waals surface area (Å²) in [7, 11) is 0. The van der Waals surface area contributed by atoms with Crippen LogP contribution in [0, 0.1) is 0 Å². The molecule has 1 aliphatic heterocycles. The summed E-state index contributed by atoms with van der Waals surface area (Å²) < 4.78 is 3.24. The van der Waals surface area contributed by atoms with Crippen molar-refractivity contribution in [2.75, 3.05) is 11.9 Å². The Hall–Kier alpha value is -3.82. The summed E-state index contributed by atoms with van der Waals surface area (Å²) in [5.74, 6) is 0.384. The van der Waals surface area contributed by atoms with Gasteiger partial charge in [0, 0.05) is 29.9 Å². The van der Waals surface area contributed by atoms with Gasteiger partial charge in [0.1, 0.15) is 5.39 Å².